The van der Waals surface area contributed by atoms with Crippen LogP contribution in [0.1, 0.15) is 77.5 Å². The molecule has 1 aliphatic rings. The van der Waals surface area contributed by atoms with Crippen LogP contribution < -0.4 is 5.32 Å². The van der Waals surface area contributed by atoms with Crippen molar-refractivity contribution in [2.75, 3.05) is 6.54 Å². The first-order chi connectivity index (χ1) is 10.2. The Labute approximate surface area is 130 Å². The van der Waals surface area contributed by atoms with Gasteiger partial charge < -0.3 is 5.32 Å². The lowest BCUT2D eigenvalue weighted by atomic mass is 9.96. The van der Waals surface area contributed by atoms with Gasteiger partial charge in [-0.2, -0.15) is 5.10 Å². The van der Waals surface area contributed by atoms with Crippen LogP contribution in [-0.2, 0) is 6.42 Å². The van der Waals surface area contributed by atoms with Crippen molar-refractivity contribution in [2.45, 2.75) is 84.2 Å². The van der Waals surface area contributed by atoms with Crippen molar-refractivity contribution in [3.63, 3.8) is 0 Å². The maximum Gasteiger partial charge on any atom is 0.0640 e. The van der Waals surface area contributed by atoms with Gasteiger partial charge >= 0.3 is 0 Å². The molecular weight excluding hydrogens is 258 g/mol. The molecule has 2 unspecified atom stereocenters. The van der Waals surface area contributed by atoms with E-state index in [2.05, 4.69) is 43.0 Å². The molecule has 1 aromatic rings. The fourth-order valence-electron chi connectivity index (χ4n) is 3.47. The number of rotatable bonds is 9. The Balaban J connectivity index is 1.84. The van der Waals surface area contributed by atoms with Gasteiger partial charge in [0.25, 0.3) is 0 Å². The van der Waals surface area contributed by atoms with E-state index in [1.807, 2.05) is 0 Å². The first-order valence-electron chi connectivity index (χ1n) is 9.00. The molecule has 0 spiro atoms. The molecule has 0 amide bonds. The first kappa shape index (κ1) is 16.5. The van der Waals surface area contributed by atoms with Crippen molar-refractivity contribution in [2.24, 2.45) is 5.92 Å². The topological polar surface area (TPSA) is 29.9 Å². The van der Waals surface area contributed by atoms with Crippen LogP contribution in [0.5, 0.6) is 0 Å². The van der Waals surface area contributed by atoms with Crippen molar-refractivity contribution in [1.29, 1.82) is 0 Å². The molecule has 21 heavy (non-hydrogen) atoms. The lowest BCUT2D eigenvalue weighted by molar-refractivity contribution is 0.402. The van der Waals surface area contributed by atoms with Crippen molar-refractivity contribution in [3.8, 4) is 0 Å². The summed E-state index contributed by atoms with van der Waals surface area (Å²) in [5.74, 6) is 0.990. The molecule has 1 saturated carbocycles. The molecular formula is C18H33N3. The average molecular weight is 291 g/mol. The van der Waals surface area contributed by atoms with E-state index in [4.69, 9.17) is 5.10 Å². The van der Waals surface area contributed by atoms with Crippen molar-refractivity contribution >= 4 is 0 Å². The zero-order valence-electron chi connectivity index (χ0n) is 14.1. The number of nitrogens with one attached hydrogen (secondary N) is 1. The minimum absolute atomic E-state index is 0.509. The third kappa shape index (κ3) is 5.14. The summed E-state index contributed by atoms with van der Waals surface area (Å²) in [6.07, 6.45) is 12.9. The molecule has 120 valence electrons. The molecule has 2 atom stereocenters. The van der Waals surface area contributed by atoms with Gasteiger partial charge in [0.05, 0.1) is 5.69 Å². The van der Waals surface area contributed by atoms with E-state index in [-0.39, 0.29) is 0 Å². The van der Waals surface area contributed by atoms with Crippen LogP contribution in [-0.4, -0.2) is 22.4 Å². The van der Waals surface area contributed by atoms with E-state index < -0.39 is 0 Å². The Morgan fingerprint density at radius 2 is 2.10 bits per heavy atom. The molecule has 0 aliphatic heterocycles. The molecule has 2 rings (SSSR count). The lowest BCUT2D eigenvalue weighted by Gasteiger charge is -2.19. The molecule has 1 aromatic heterocycles. The van der Waals surface area contributed by atoms with Crippen LogP contribution in [0.25, 0.3) is 0 Å². The predicted octanol–water partition coefficient (Wildman–Crippen LogP) is 4.35. The summed E-state index contributed by atoms with van der Waals surface area (Å²) in [5, 5.41) is 8.42. The quantitative estimate of drug-likeness (QED) is 0.733. The highest BCUT2D eigenvalue weighted by Gasteiger charge is 2.18. The first-order valence-corrected chi connectivity index (χ1v) is 9.00. The summed E-state index contributed by atoms with van der Waals surface area (Å²) < 4.78 is 2.12. The van der Waals surface area contributed by atoms with Gasteiger partial charge in [-0.05, 0) is 44.7 Å². The number of nitrogens with zero attached hydrogens (tertiary/aromatic N) is 2. The Morgan fingerprint density at radius 3 is 2.76 bits per heavy atom. The van der Waals surface area contributed by atoms with Gasteiger partial charge in [0.2, 0.25) is 0 Å². The fraction of sp³-hybridized carbons (Fsp3) is 0.833. The fourth-order valence-corrected chi connectivity index (χ4v) is 3.47. The van der Waals surface area contributed by atoms with E-state index in [1.165, 1.54) is 44.2 Å². The van der Waals surface area contributed by atoms with Crippen LogP contribution in [0.4, 0.5) is 0 Å². The van der Waals surface area contributed by atoms with E-state index in [9.17, 15) is 0 Å². The van der Waals surface area contributed by atoms with Gasteiger partial charge in [0, 0.05) is 24.7 Å². The van der Waals surface area contributed by atoms with E-state index in [1.54, 1.807) is 0 Å². The highest BCUT2D eigenvalue weighted by atomic mass is 15.3. The SMILES string of the molecule is CCNC(CCC1CCCC1)Cc1ccn(C(C)CC)n1. The van der Waals surface area contributed by atoms with Gasteiger partial charge in [0.1, 0.15) is 0 Å². The molecule has 0 aromatic carbocycles. The molecule has 1 N–H and O–H groups in total. The standard InChI is InChI=1S/C18H33N3/c1-4-15(3)21-13-12-18(20-21)14-17(19-5-2)11-10-16-8-6-7-9-16/h12-13,15-17,19H,4-11,14H2,1-3H3. The maximum atomic E-state index is 4.76. The lowest BCUT2D eigenvalue weighted by Crippen LogP contribution is -2.31. The Morgan fingerprint density at radius 1 is 1.33 bits per heavy atom. The summed E-state index contributed by atoms with van der Waals surface area (Å²) >= 11 is 0. The predicted molar refractivity (Wildman–Crippen MR) is 89.6 cm³/mol. The summed E-state index contributed by atoms with van der Waals surface area (Å²) in [5.41, 5.74) is 1.24. The number of hydrogen-bond acceptors (Lipinski definition) is 2. The highest BCUT2D eigenvalue weighted by Crippen LogP contribution is 2.29. The molecule has 3 heteroatoms. The number of aromatic nitrogens is 2. The van der Waals surface area contributed by atoms with Gasteiger partial charge in [-0.15, -0.1) is 0 Å². The van der Waals surface area contributed by atoms with Crippen molar-refractivity contribution in [3.05, 3.63) is 18.0 Å². The summed E-state index contributed by atoms with van der Waals surface area (Å²) in [6.45, 7) is 7.72. The zero-order valence-corrected chi connectivity index (χ0v) is 14.1. The molecule has 0 radical (unpaired) electrons. The number of likely N-dealkylation sites (N-methyl/N-ethyl adjacent to an activating group) is 1. The highest BCUT2D eigenvalue weighted by molar-refractivity contribution is 5.02. The number of hydrogen-bond donors (Lipinski definition) is 1. The van der Waals surface area contributed by atoms with Crippen molar-refractivity contribution < 1.29 is 0 Å². The molecule has 1 fully saturated rings. The van der Waals surface area contributed by atoms with Gasteiger partial charge in [-0.25, -0.2) is 0 Å². The van der Waals surface area contributed by atoms with Gasteiger partial charge in [-0.3, -0.25) is 4.68 Å². The second-order valence-electron chi connectivity index (χ2n) is 6.73. The molecule has 1 heterocycles. The normalized spacial score (nSPS) is 19.0. The second kappa shape index (κ2) is 8.57. The summed E-state index contributed by atoms with van der Waals surface area (Å²) in [6, 6.07) is 3.30. The van der Waals surface area contributed by atoms with Crippen LogP contribution in [0.2, 0.25) is 0 Å². The Kier molecular flexibility index (Phi) is 6.75. The average Bonchev–Trinajstić information content (AvgIpc) is 3.15. The summed E-state index contributed by atoms with van der Waals surface area (Å²) in [7, 11) is 0. The Bertz CT molecular complexity index is 393. The largest absolute Gasteiger partial charge is 0.314 e. The minimum atomic E-state index is 0.509. The smallest absolute Gasteiger partial charge is 0.0640 e. The second-order valence-corrected chi connectivity index (χ2v) is 6.73. The van der Waals surface area contributed by atoms with Gasteiger partial charge in [-0.1, -0.05) is 39.5 Å². The monoisotopic (exact) mass is 291 g/mol. The molecule has 0 saturated heterocycles. The van der Waals surface area contributed by atoms with Gasteiger partial charge in [0.15, 0.2) is 0 Å². The summed E-state index contributed by atoms with van der Waals surface area (Å²) in [4.78, 5) is 0. The van der Waals surface area contributed by atoms with Crippen LogP contribution in [0, 0.1) is 5.92 Å². The van der Waals surface area contributed by atoms with E-state index in [0.717, 1.165) is 25.3 Å². The molecule has 1 aliphatic carbocycles. The molecule has 3 nitrogen and oxygen atoms in total. The minimum Gasteiger partial charge on any atom is -0.314 e. The third-order valence-corrected chi connectivity index (χ3v) is 5.05. The van der Waals surface area contributed by atoms with Crippen LogP contribution in [0.3, 0.4) is 0 Å². The van der Waals surface area contributed by atoms with E-state index >= 15 is 0 Å². The van der Waals surface area contributed by atoms with Crippen LogP contribution >= 0.6 is 0 Å². The third-order valence-electron chi connectivity index (χ3n) is 5.05. The zero-order chi connectivity index (χ0) is 15.1. The maximum absolute atomic E-state index is 4.76. The Hall–Kier alpha value is -0.830. The van der Waals surface area contributed by atoms with E-state index in [0.29, 0.717) is 12.1 Å². The van der Waals surface area contributed by atoms with Crippen LogP contribution in [0.15, 0.2) is 12.3 Å². The van der Waals surface area contributed by atoms with Crippen molar-refractivity contribution in [1.82, 2.24) is 15.1 Å². The molecule has 0 bridgehead atoms.